The van der Waals surface area contributed by atoms with Crippen LogP contribution in [0.4, 0.5) is 0 Å². The Hall–Kier alpha value is -1.39. The van der Waals surface area contributed by atoms with Gasteiger partial charge in [0.15, 0.2) is 5.78 Å². The Labute approximate surface area is 126 Å². The minimum Gasteiger partial charge on any atom is -0.496 e. The molecule has 3 rings (SSSR count). The number of ether oxygens (including phenoxy) is 1. The molecule has 0 atom stereocenters. The summed E-state index contributed by atoms with van der Waals surface area (Å²) in [5, 5.41) is 0. The molecule has 1 saturated carbocycles. The molecule has 1 aromatic carbocycles. The van der Waals surface area contributed by atoms with Crippen molar-refractivity contribution < 1.29 is 9.53 Å². The number of benzene rings is 1. The largest absolute Gasteiger partial charge is 0.496 e. The van der Waals surface area contributed by atoms with Gasteiger partial charge in [0.25, 0.3) is 0 Å². The number of hydrogen-bond acceptors (Lipinski definition) is 4. The van der Waals surface area contributed by atoms with Crippen molar-refractivity contribution in [3.05, 3.63) is 29.8 Å². The summed E-state index contributed by atoms with van der Waals surface area (Å²) >= 11 is 0. The average molecular weight is 288 g/mol. The average Bonchev–Trinajstić information content (AvgIpc) is 3.33. The van der Waals surface area contributed by atoms with Gasteiger partial charge < -0.3 is 9.64 Å². The number of nitrogens with zero attached hydrogens (tertiary/aromatic N) is 2. The topological polar surface area (TPSA) is 32.8 Å². The van der Waals surface area contributed by atoms with Crippen LogP contribution in [0.2, 0.25) is 0 Å². The number of Topliss-reactive ketones (excluding diaryl/α,β-unsaturated/α-hetero) is 1. The van der Waals surface area contributed by atoms with Crippen LogP contribution in [0.15, 0.2) is 24.3 Å². The lowest BCUT2D eigenvalue weighted by molar-refractivity contribution is 0.0844. The molecule has 1 heterocycles. The van der Waals surface area contributed by atoms with E-state index in [2.05, 4.69) is 9.80 Å². The monoisotopic (exact) mass is 288 g/mol. The summed E-state index contributed by atoms with van der Waals surface area (Å²) in [5.41, 5.74) is 0.695. The number of carbonyl (C=O) groups is 1. The lowest BCUT2D eigenvalue weighted by atomic mass is 10.1. The van der Waals surface area contributed by atoms with Gasteiger partial charge in [0, 0.05) is 32.7 Å². The Balaban J connectivity index is 1.51. The molecule has 0 aromatic heterocycles. The highest BCUT2D eigenvalue weighted by Crippen LogP contribution is 2.29. The number of carbonyl (C=O) groups excluding carboxylic acids is 1. The first-order valence-electron chi connectivity index (χ1n) is 7.87. The molecule has 0 amide bonds. The van der Waals surface area contributed by atoms with Crippen molar-refractivity contribution >= 4 is 5.78 Å². The van der Waals surface area contributed by atoms with E-state index >= 15 is 0 Å². The number of methoxy groups -OCH3 is 1. The summed E-state index contributed by atoms with van der Waals surface area (Å²) in [6.45, 7) is 5.93. The molecule has 4 heteroatoms. The molecule has 0 radical (unpaired) electrons. The zero-order valence-electron chi connectivity index (χ0n) is 12.8. The summed E-state index contributed by atoms with van der Waals surface area (Å²) in [7, 11) is 1.61. The molecule has 1 aromatic rings. The van der Waals surface area contributed by atoms with Crippen molar-refractivity contribution in [3.8, 4) is 5.75 Å². The van der Waals surface area contributed by atoms with Crippen LogP contribution in [-0.2, 0) is 0 Å². The number of ketones is 1. The van der Waals surface area contributed by atoms with E-state index in [1.54, 1.807) is 7.11 Å². The van der Waals surface area contributed by atoms with E-state index in [9.17, 15) is 4.79 Å². The van der Waals surface area contributed by atoms with E-state index in [0.29, 0.717) is 17.9 Å². The van der Waals surface area contributed by atoms with Crippen LogP contribution in [0.5, 0.6) is 5.75 Å². The maximum absolute atomic E-state index is 12.4. The number of piperazine rings is 1. The van der Waals surface area contributed by atoms with Crippen LogP contribution in [0.1, 0.15) is 23.2 Å². The van der Waals surface area contributed by atoms with Crippen molar-refractivity contribution in [1.82, 2.24) is 9.80 Å². The van der Waals surface area contributed by atoms with E-state index in [4.69, 9.17) is 4.74 Å². The second kappa shape index (κ2) is 6.58. The fourth-order valence-electron chi connectivity index (χ4n) is 2.96. The zero-order chi connectivity index (χ0) is 14.7. The van der Waals surface area contributed by atoms with Crippen LogP contribution in [-0.4, -0.2) is 62.0 Å². The van der Waals surface area contributed by atoms with E-state index < -0.39 is 0 Å². The van der Waals surface area contributed by atoms with Crippen LogP contribution in [0.25, 0.3) is 0 Å². The maximum Gasteiger partial charge on any atom is 0.180 e. The highest BCUT2D eigenvalue weighted by Gasteiger charge is 2.27. The van der Waals surface area contributed by atoms with Gasteiger partial charge in [-0.25, -0.2) is 0 Å². The molecule has 0 unspecified atom stereocenters. The highest BCUT2D eigenvalue weighted by atomic mass is 16.5. The summed E-state index contributed by atoms with van der Waals surface area (Å²) in [4.78, 5) is 17.2. The van der Waals surface area contributed by atoms with Crippen LogP contribution in [0, 0.1) is 5.92 Å². The standard InChI is InChI=1S/C17H24N2O2/c1-21-17-5-3-2-4-15(17)16(20)13-19-10-8-18(9-11-19)12-14-6-7-14/h2-5,14H,6-13H2,1H3. The molecule has 0 bridgehead atoms. The van der Waals surface area contributed by atoms with Gasteiger partial charge in [0.2, 0.25) is 0 Å². The minimum atomic E-state index is 0.156. The first-order valence-corrected chi connectivity index (χ1v) is 7.87. The van der Waals surface area contributed by atoms with E-state index in [1.165, 1.54) is 19.4 Å². The molecule has 4 nitrogen and oxygen atoms in total. The van der Waals surface area contributed by atoms with Gasteiger partial charge in [-0.1, -0.05) is 12.1 Å². The Bertz CT molecular complexity index is 491. The normalized spacial score (nSPS) is 20.4. The molecule has 2 fully saturated rings. The van der Waals surface area contributed by atoms with Gasteiger partial charge in [-0.3, -0.25) is 9.69 Å². The Morgan fingerprint density at radius 3 is 2.48 bits per heavy atom. The van der Waals surface area contributed by atoms with Gasteiger partial charge in [0.05, 0.1) is 19.2 Å². The highest BCUT2D eigenvalue weighted by molar-refractivity contribution is 6.00. The third-order valence-electron chi connectivity index (χ3n) is 4.45. The lowest BCUT2D eigenvalue weighted by Gasteiger charge is -2.34. The summed E-state index contributed by atoms with van der Waals surface area (Å²) in [6.07, 6.45) is 2.82. The zero-order valence-corrected chi connectivity index (χ0v) is 12.8. The molecular formula is C17H24N2O2. The maximum atomic E-state index is 12.4. The predicted octanol–water partition coefficient (Wildman–Crippen LogP) is 1.91. The first kappa shape index (κ1) is 14.5. The van der Waals surface area contributed by atoms with Crippen molar-refractivity contribution in [3.63, 3.8) is 0 Å². The van der Waals surface area contributed by atoms with Crippen LogP contribution in [0.3, 0.4) is 0 Å². The molecule has 0 spiro atoms. The molecular weight excluding hydrogens is 264 g/mol. The van der Waals surface area contributed by atoms with Gasteiger partial charge >= 0.3 is 0 Å². The third-order valence-corrected chi connectivity index (χ3v) is 4.45. The van der Waals surface area contributed by atoms with Crippen LogP contribution >= 0.6 is 0 Å². The van der Waals surface area contributed by atoms with Crippen LogP contribution < -0.4 is 4.74 Å². The molecule has 1 saturated heterocycles. The predicted molar refractivity (Wildman–Crippen MR) is 82.9 cm³/mol. The molecule has 114 valence electrons. The third kappa shape index (κ3) is 3.83. The fraction of sp³-hybridized carbons (Fsp3) is 0.588. The molecule has 2 aliphatic rings. The Kier molecular flexibility index (Phi) is 4.56. The smallest absolute Gasteiger partial charge is 0.180 e. The van der Waals surface area contributed by atoms with E-state index in [0.717, 1.165) is 32.1 Å². The number of para-hydroxylation sites is 1. The molecule has 1 aliphatic heterocycles. The minimum absolute atomic E-state index is 0.156. The van der Waals surface area contributed by atoms with Crippen molar-refractivity contribution in [1.29, 1.82) is 0 Å². The Morgan fingerprint density at radius 2 is 1.81 bits per heavy atom. The van der Waals surface area contributed by atoms with Crippen molar-refractivity contribution in [2.75, 3.05) is 46.4 Å². The van der Waals surface area contributed by atoms with Gasteiger partial charge in [0.1, 0.15) is 5.75 Å². The van der Waals surface area contributed by atoms with Gasteiger partial charge in [-0.05, 0) is 30.9 Å². The summed E-state index contributed by atoms with van der Waals surface area (Å²) in [5.74, 6) is 1.78. The van der Waals surface area contributed by atoms with Crippen molar-refractivity contribution in [2.45, 2.75) is 12.8 Å². The Morgan fingerprint density at radius 1 is 1.14 bits per heavy atom. The second-order valence-corrected chi connectivity index (χ2v) is 6.14. The number of hydrogen-bond donors (Lipinski definition) is 0. The lowest BCUT2D eigenvalue weighted by Crippen LogP contribution is -2.48. The van der Waals surface area contributed by atoms with E-state index in [-0.39, 0.29) is 5.78 Å². The SMILES string of the molecule is COc1ccccc1C(=O)CN1CCN(CC2CC2)CC1. The second-order valence-electron chi connectivity index (χ2n) is 6.14. The van der Waals surface area contributed by atoms with Gasteiger partial charge in [-0.2, -0.15) is 0 Å². The van der Waals surface area contributed by atoms with Crippen molar-refractivity contribution in [2.24, 2.45) is 5.92 Å². The quantitative estimate of drug-likeness (QED) is 0.749. The summed E-state index contributed by atoms with van der Waals surface area (Å²) in [6, 6.07) is 7.49. The molecule has 21 heavy (non-hydrogen) atoms. The molecule has 1 aliphatic carbocycles. The molecule has 0 N–H and O–H groups in total. The fourth-order valence-corrected chi connectivity index (χ4v) is 2.96. The summed E-state index contributed by atoms with van der Waals surface area (Å²) < 4.78 is 5.28. The first-order chi connectivity index (χ1) is 10.3. The van der Waals surface area contributed by atoms with E-state index in [1.807, 2.05) is 24.3 Å². The van der Waals surface area contributed by atoms with Gasteiger partial charge in [-0.15, -0.1) is 0 Å². The number of rotatable bonds is 6.